The van der Waals surface area contributed by atoms with Crippen LogP contribution in [-0.4, -0.2) is 23.9 Å². The lowest BCUT2D eigenvalue weighted by molar-refractivity contribution is -0.114. The number of nitrogens with one attached hydrogen (secondary N) is 2. The van der Waals surface area contributed by atoms with Crippen LogP contribution in [0.5, 0.6) is 0 Å². The molecular weight excluding hydrogens is 460 g/mol. The molecule has 1 saturated carbocycles. The number of aromatic nitrogens is 2. The van der Waals surface area contributed by atoms with Crippen LogP contribution in [-0.2, 0) is 26.8 Å². The first kappa shape index (κ1) is 23.6. The Kier molecular flexibility index (Phi) is 5.74. The number of benzene rings is 2. The molecule has 0 aliphatic heterocycles. The van der Waals surface area contributed by atoms with Gasteiger partial charge in [0.1, 0.15) is 5.82 Å². The van der Waals surface area contributed by atoms with Gasteiger partial charge in [-0.15, -0.1) is 0 Å². The van der Waals surface area contributed by atoms with E-state index in [4.69, 9.17) is 4.98 Å². The zero-order valence-corrected chi connectivity index (χ0v) is 21.4. The monoisotopic (exact) mass is 492 g/mol. The van der Waals surface area contributed by atoms with E-state index in [9.17, 15) is 13.2 Å². The van der Waals surface area contributed by atoms with Gasteiger partial charge in [-0.3, -0.25) is 9.52 Å². The molecule has 0 saturated heterocycles. The number of allylic oxidation sites excluding steroid dienone is 2. The molecule has 8 heteroatoms. The molecule has 2 atom stereocenters. The average Bonchev–Trinajstić information content (AvgIpc) is 3.48. The van der Waals surface area contributed by atoms with Crippen LogP contribution >= 0.6 is 0 Å². The molecule has 3 aromatic rings. The van der Waals surface area contributed by atoms with E-state index in [2.05, 4.69) is 41.5 Å². The molecule has 5 rings (SSSR count). The summed E-state index contributed by atoms with van der Waals surface area (Å²) in [5, 5.41) is 2.64. The second-order valence-electron chi connectivity index (χ2n) is 10.8. The Bertz CT molecular complexity index is 1430. The third-order valence-electron chi connectivity index (χ3n) is 6.94. The van der Waals surface area contributed by atoms with Crippen LogP contribution in [0.1, 0.15) is 52.8 Å². The minimum absolute atomic E-state index is 0.121. The molecule has 35 heavy (non-hydrogen) atoms. The number of nitrogens with zero attached hydrogens (tertiary/aromatic N) is 2. The summed E-state index contributed by atoms with van der Waals surface area (Å²) in [5.74, 6) is 2.21. The van der Waals surface area contributed by atoms with Crippen molar-refractivity contribution in [2.45, 2.75) is 63.8 Å². The van der Waals surface area contributed by atoms with Gasteiger partial charge in [0.2, 0.25) is 5.91 Å². The molecule has 2 aromatic carbocycles. The molecule has 1 aromatic heterocycles. The van der Waals surface area contributed by atoms with E-state index in [0.717, 1.165) is 29.3 Å². The first-order chi connectivity index (χ1) is 16.5. The van der Waals surface area contributed by atoms with Gasteiger partial charge >= 0.3 is 0 Å². The largest absolute Gasteiger partial charge is 0.326 e. The average molecular weight is 493 g/mol. The third-order valence-corrected chi connectivity index (χ3v) is 8.34. The molecule has 1 amide bonds. The van der Waals surface area contributed by atoms with Crippen molar-refractivity contribution in [2.75, 3.05) is 10.0 Å². The van der Waals surface area contributed by atoms with Gasteiger partial charge in [0, 0.05) is 24.6 Å². The van der Waals surface area contributed by atoms with E-state index in [1.54, 1.807) is 24.3 Å². The maximum atomic E-state index is 13.0. The Hall–Kier alpha value is -3.13. The van der Waals surface area contributed by atoms with E-state index < -0.39 is 10.0 Å². The topological polar surface area (TPSA) is 93.1 Å². The molecule has 7 nitrogen and oxygen atoms in total. The number of rotatable bonds is 6. The summed E-state index contributed by atoms with van der Waals surface area (Å²) >= 11 is 0. The van der Waals surface area contributed by atoms with Crippen molar-refractivity contribution in [2.24, 2.45) is 11.8 Å². The van der Waals surface area contributed by atoms with Crippen molar-refractivity contribution in [1.29, 1.82) is 0 Å². The number of carbonyl (C=O) groups is 1. The van der Waals surface area contributed by atoms with E-state index >= 15 is 0 Å². The minimum atomic E-state index is -3.79. The summed E-state index contributed by atoms with van der Waals surface area (Å²) in [5.41, 5.74) is 4.17. The fraction of sp³-hybridized carbons (Fsp3) is 0.407. The number of fused-ring (bicyclic) bond motifs is 3. The van der Waals surface area contributed by atoms with Gasteiger partial charge in [-0.2, -0.15) is 0 Å². The zero-order valence-electron chi connectivity index (χ0n) is 20.6. The summed E-state index contributed by atoms with van der Waals surface area (Å²) in [6.07, 6.45) is 6.34. The van der Waals surface area contributed by atoms with Gasteiger partial charge in [0.05, 0.1) is 21.6 Å². The molecule has 2 N–H and O–H groups in total. The number of anilines is 2. The summed E-state index contributed by atoms with van der Waals surface area (Å²) < 4.78 is 30.9. The predicted octanol–water partition coefficient (Wildman–Crippen LogP) is 5.45. The first-order valence-corrected chi connectivity index (χ1v) is 13.6. The van der Waals surface area contributed by atoms with Crippen LogP contribution in [0.25, 0.3) is 11.0 Å². The summed E-state index contributed by atoms with van der Waals surface area (Å²) in [6, 6.07) is 11.7. The minimum Gasteiger partial charge on any atom is -0.326 e. The van der Waals surface area contributed by atoms with Crippen molar-refractivity contribution in [3.05, 3.63) is 59.9 Å². The van der Waals surface area contributed by atoms with Gasteiger partial charge in [0.15, 0.2) is 0 Å². The van der Waals surface area contributed by atoms with Crippen LogP contribution in [0.15, 0.2) is 59.0 Å². The van der Waals surface area contributed by atoms with E-state index in [0.29, 0.717) is 17.3 Å². The highest BCUT2D eigenvalue weighted by atomic mass is 32.2. The fourth-order valence-corrected chi connectivity index (χ4v) is 6.42. The first-order valence-electron chi connectivity index (χ1n) is 12.1. The standard InChI is InChI=1S/C27H32N4O3S/c1-17(32)28-21-7-10-23(11-8-21)35(33,34)30-22-9-12-25-24(15-22)29-26(27(2,3)4)31(25)16-20-14-18-5-6-19(20)13-18/h7-12,14-15,18-19,30H,5-6,13,16H2,1-4H3,(H,28,32)/t18-,19-/m0/s1. The van der Waals surface area contributed by atoms with Gasteiger partial charge in [-0.1, -0.05) is 32.4 Å². The fourth-order valence-electron chi connectivity index (χ4n) is 5.37. The van der Waals surface area contributed by atoms with Crippen molar-refractivity contribution in [1.82, 2.24) is 9.55 Å². The Morgan fingerprint density at radius 2 is 1.80 bits per heavy atom. The molecule has 0 spiro atoms. The van der Waals surface area contributed by atoms with Crippen LogP contribution < -0.4 is 10.0 Å². The van der Waals surface area contributed by atoms with Gasteiger partial charge < -0.3 is 9.88 Å². The van der Waals surface area contributed by atoms with Crippen molar-refractivity contribution >= 4 is 38.3 Å². The lowest BCUT2D eigenvalue weighted by Crippen LogP contribution is -2.20. The SMILES string of the molecule is CC(=O)Nc1ccc(S(=O)(=O)Nc2ccc3c(c2)nc(C(C)(C)C)n3CC2=C[C@H]3CC[C@H]2C3)cc1. The van der Waals surface area contributed by atoms with E-state index in [1.807, 2.05) is 6.07 Å². The molecule has 2 aliphatic carbocycles. The highest BCUT2D eigenvalue weighted by Gasteiger charge is 2.34. The predicted molar refractivity (Wildman–Crippen MR) is 139 cm³/mol. The number of sulfonamides is 1. The van der Waals surface area contributed by atoms with Crippen molar-refractivity contribution in [3.63, 3.8) is 0 Å². The highest BCUT2D eigenvalue weighted by molar-refractivity contribution is 7.92. The quantitative estimate of drug-likeness (QED) is 0.448. The van der Waals surface area contributed by atoms with Gasteiger partial charge in [-0.05, 0) is 73.6 Å². The molecule has 1 heterocycles. The van der Waals surface area contributed by atoms with Crippen LogP contribution in [0.3, 0.4) is 0 Å². The summed E-state index contributed by atoms with van der Waals surface area (Å²) in [4.78, 5) is 16.3. The molecule has 184 valence electrons. The highest BCUT2D eigenvalue weighted by Crippen LogP contribution is 2.45. The molecule has 2 bridgehead atoms. The lowest BCUT2D eigenvalue weighted by atomic mass is 9.94. The Balaban J connectivity index is 1.44. The van der Waals surface area contributed by atoms with Crippen LogP contribution in [0.2, 0.25) is 0 Å². The maximum Gasteiger partial charge on any atom is 0.261 e. The van der Waals surface area contributed by atoms with E-state index in [1.165, 1.54) is 43.9 Å². The Labute approximate surface area is 206 Å². The smallest absolute Gasteiger partial charge is 0.261 e. The summed E-state index contributed by atoms with van der Waals surface area (Å²) in [7, 11) is -3.79. The maximum absolute atomic E-state index is 13.0. The lowest BCUT2D eigenvalue weighted by Gasteiger charge is -2.22. The van der Waals surface area contributed by atoms with Crippen molar-refractivity contribution < 1.29 is 13.2 Å². The second-order valence-corrected chi connectivity index (χ2v) is 12.5. The second kappa shape index (κ2) is 8.52. The number of carbonyl (C=O) groups excluding carboxylic acids is 1. The normalized spacial score (nSPS) is 19.7. The van der Waals surface area contributed by atoms with Crippen LogP contribution in [0.4, 0.5) is 11.4 Å². The van der Waals surface area contributed by atoms with E-state index in [-0.39, 0.29) is 16.2 Å². The molecule has 0 unspecified atom stereocenters. The number of amides is 1. The zero-order chi connectivity index (χ0) is 25.0. The molecular formula is C27H32N4O3S. The summed E-state index contributed by atoms with van der Waals surface area (Å²) in [6.45, 7) is 8.73. The third kappa shape index (κ3) is 4.72. The molecule has 2 aliphatic rings. The number of imidazole rings is 1. The molecule has 0 radical (unpaired) electrons. The Morgan fingerprint density at radius 3 is 2.40 bits per heavy atom. The van der Waals surface area contributed by atoms with Gasteiger partial charge in [0.25, 0.3) is 10.0 Å². The van der Waals surface area contributed by atoms with Gasteiger partial charge in [-0.25, -0.2) is 13.4 Å². The number of hydrogen-bond acceptors (Lipinski definition) is 4. The van der Waals surface area contributed by atoms with Crippen molar-refractivity contribution in [3.8, 4) is 0 Å². The molecule has 1 fully saturated rings. The van der Waals surface area contributed by atoms with Crippen LogP contribution in [0, 0.1) is 11.8 Å². The number of hydrogen-bond donors (Lipinski definition) is 2. The Morgan fingerprint density at radius 1 is 1.09 bits per heavy atom.